The number of amides is 2. The number of aliphatic hydroxyl groups excluding tert-OH is 1. The lowest BCUT2D eigenvalue weighted by Gasteiger charge is -2.36. The maximum atomic E-state index is 12.3. The maximum Gasteiger partial charge on any atom is 0.243 e. The Hall–Kier alpha value is -4.87. The number of nitrogens with zero attached hydrogens (tertiary/aromatic N) is 2. The van der Waals surface area contributed by atoms with Crippen molar-refractivity contribution in [2.24, 2.45) is 0 Å². The number of benzene rings is 4. The van der Waals surface area contributed by atoms with Crippen molar-refractivity contribution in [2.75, 3.05) is 0 Å². The number of carbonyl (C=O) groups is 2. The number of nitrogens with one attached hydrogen (secondary N) is 2. The number of aliphatic hydroxyl groups is 1. The first-order chi connectivity index (χ1) is 23.5. The minimum Gasteiger partial charge on any atom is -0.392 e. The predicted molar refractivity (Wildman–Crippen MR) is 180 cm³/mol. The van der Waals surface area contributed by atoms with E-state index in [-0.39, 0.29) is 31.1 Å². The number of hydrogen-bond acceptors (Lipinski definition) is 7. The van der Waals surface area contributed by atoms with Gasteiger partial charge in [-0.2, -0.15) is 0 Å². The molecule has 6 rings (SSSR count). The molecule has 0 unspecified atom stereocenters. The molecule has 0 saturated carbocycles. The molecule has 10 nitrogen and oxygen atoms in total. The van der Waals surface area contributed by atoms with Crippen molar-refractivity contribution in [1.29, 1.82) is 0 Å². The molecular formula is C38H40N4O6. The number of carbonyl (C=O) groups excluding carboxylic acids is 2. The first-order valence-corrected chi connectivity index (χ1v) is 16.3. The quantitative estimate of drug-likeness (QED) is 0.0686. The van der Waals surface area contributed by atoms with Gasteiger partial charge in [0.25, 0.3) is 0 Å². The minimum absolute atomic E-state index is 0.00713. The van der Waals surface area contributed by atoms with Crippen molar-refractivity contribution in [3.05, 3.63) is 126 Å². The average Bonchev–Trinajstić information content (AvgIpc) is 3.55. The predicted octanol–water partition coefficient (Wildman–Crippen LogP) is 6.12. The van der Waals surface area contributed by atoms with Gasteiger partial charge in [-0.15, -0.1) is 0 Å². The van der Waals surface area contributed by atoms with Crippen LogP contribution in [0.2, 0.25) is 0 Å². The zero-order valence-electron chi connectivity index (χ0n) is 26.6. The molecule has 2 amide bonds. The van der Waals surface area contributed by atoms with Crippen molar-refractivity contribution in [2.45, 2.75) is 70.3 Å². The van der Waals surface area contributed by atoms with Gasteiger partial charge >= 0.3 is 0 Å². The number of rotatable bonds is 13. The van der Waals surface area contributed by atoms with Crippen molar-refractivity contribution in [1.82, 2.24) is 20.3 Å². The van der Waals surface area contributed by atoms with Gasteiger partial charge in [0.05, 0.1) is 42.7 Å². The van der Waals surface area contributed by atoms with E-state index in [0.717, 1.165) is 44.4 Å². The Labute approximate surface area is 279 Å². The number of ether oxygens (including phenoxy) is 2. The summed E-state index contributed by atoms with van der Waals surface area (Å²) in [6, 6.07) is 32.2. The van der Waals surface area contributed by atoms with Crippen LogP contribution in [-0.4, -0.2) is 37.8 Å². The monoisotopic (exact) mass is 648 g/mol. The van der Waals surface area contributed by atoms with Crippen molar-refractivity contribution < 1.29 is 29.4 Å². The second kappa shape index (κ2) is 15.8. The summed E-state index contributed by atoms with van der Waals surface area (Å²) in [7, 11) is 0. The van der Waals surface area contributed by atoms with Crippen LogP contribution >= 0.6 is 0 Å². The van der Waals surface area contributed by atoms with E-state index < -0.39 is 12.2 Å². The van der Waals surface area contributed by atoms with Crippen molar-refractivity contribution in [3.63, 3.8) is 0 Å². The molecule has 3 atom stereocenters. The Bertz CT molecular complexity index is 1820. The van der Waals surface area contributed by atoms with E-state index in [9.17, 15) is 14.7 Å². The number of imidazole rings is 1. The number of hydrogen-bond donors (Lipinski definition) is 4. The normalized spacial score (nSPS) is 17.7. The molecule has 48 heavy (non-hydrogen) atoms. The van der Waals surface area contributed by atoms with Crippen molar-refractivity contribution in [3.8, 4) is 11.1 Å². The Morgan fingerprint density at radius 2 is 1.56 bits per heavy atom. The fourth-order valence-electron chi connectivity index (χ4n) is 6.02. The van der Waals surface area contributed by atoms with E-state index >= 15 is 0 Å². The first kappa shape index (κ1) is 33.0. The summed E-state index contributed by atoms with van der Waals surface area (Å²) >= 11 is 0. The molecule has 2 heterocycles. The van der Waals surface area contributed by atoms with Crippen LogP contribution in [0.4, 0.5) is 0 Å². The Balaban J connectivity index is 1.13. The summed E-state index contributed by atoms with van der Waals surface area (Å²) in [4.78, 5) is 28.0. The van der Waals surface area contributed by atoms with E-state index in [0.29, 0.717) is 38.8 Å². The Morgan fingerprint density at radius 1 is 0.812 bits per heavy atom. The average molecular weight is 649 g/mol. The molecule has 0 radical (unpaired) electrons. The summed E-state index contributed by atoms with van der Waals surface area (Å²) in [5, 5.41) is 21.1. The van der Waals surface area contributed by atoms with Gasteiger partial charge in [-0.3, -0.25) is 14.8 Å². The van der Waals surface area contributed by atoms with Gasteiger partial charge in [-0.05, 0) is 58.9 Å². The van der Waals surface area contributed by atoms with Crippen LogP contribution in [0.25, 0.3) is 22.2 Å². The van der Waals surface area contributed by atoms with Gasteiger partial charge < -0.3 is 24.5 Å². The summed E-state index contributed by atoms with van der Waals surface area (Å²) in [6.07, 6.45) is 3.24. The zero-order chi connectivity index (χ0) is 33.3. The zero-order valence-corrected chi connectivity index (χ0v) is 26.6. The van der Waals surface area contributed by atoms with E-state index in [1.807, 2.05) is 79.1 Å². The standard InChI is InChI=1S/C38H40N4O6/c43-24-26-12-14-29(15-13-26)35-21-32(23-42-25-40-33-8-1-2-9-34(33)42)47-38(48-35)30-18-16-28(17-19-30)31-7-5-6-27(20-31)22-39-36(44)10-3-4-11-37(45)41-46/h1-2,5-9,12-20,25,32,35,38,43,46H,3-4,10-11,21-24H2,(H,39,44)(H,41,45)/t32-,35+,38+/m0/s1. The molecule has 1 saturated heterocycles. The van der Waals surface area contributed by atoms with Gasteiger partial charge in [-0.1, -0.05) is 78.9 Å². The van der Waals surface area contributed by atoms with Gasteiger partial charge in [-0.25, -0.2) is 10.5 Å². The third kappa shape index (κ3) is 8.34. The van der Waals surface area contributed by atoms with E-state index in [1.165, 1.54) is 0 Å². The number of fused-ring (bicyclic) bond motifs is 1. The molecule has 1 fully saturated rings. The van der Waals surface area contributed by atoms with Crippen molar-refractivity contribution >= 4 is 22.8 Å². The summed E-state index contributed by atoms with van der Waals surface area (Å²) < 4.78 is 15.3. The molecule has 1 aliphatic rings. The molecule has 1 aliphatic heterocycles. The number of aromatic nitrogens is 2. The minimum atomic E-state index is -0.574. The molecule has 0 spiro atoms. The number of para-hydroxylation sites is 2. The fourth-order valence-corrected chi connectivity index (χ4v) is 6.02. The maximum absolute atomic E-state index is 12.3. The number of unbranched alkanes of at least 4 members (excludes halogenated alkanes) is 1. The highest BCUT2D eigenvalue weighted by Crippen LogP contribution is 2.39. The van der Waals surface area contributed by atoms with Crippen LogP contribution in [-0.2, 0) is 38.8 Å². The van der Waals surface area contributed by atoms with E-state index in [2.05, 4.69) is 39.1 Å². The molecule has 1 aromatic heterocycles. The van der Waals surface area contributed by atoms with Crippen LogP contribution in [0.1, 0.15) is 66.8 Å². The number of hydroxylamine groups is 1. The molecule has 5 aromatic rings. The third-order valence-corrected chi connectivity index (χ3v) is 8.66. The van der Waals surface area contributed by atoms with Crippen LogP contribution < -0.4 is 10.8 Å². The van der Waals surface area contributed by atoms with Gasteiger partial charge in [0, 0.05) is 31.4 Å². The van der Waals surface area contributed by atoms with Gasteiger partial charge in [0.1, 0.15) is 0 Å². The smallest absolute Gasteiger partial charge is 0.243 e. The highest BCUT2D eigenvalue weighted by molar-refractivity contribution is 5.77. The molecule has 4 aromatic carbocycles. The SMILES string of the molecule is O=C(CCCCC(=O)NCc1cccc(-c2ccc([C@@H]3O[C@H](Cn4cnc5ccccc54)C[C@H](c4ccc(CO)cc4)O3)cc2)c1)NO. The molecule has 0 bridgehead atoms. The summed E-state index contributed by atoms with van der Waals surface area (Å²) in [5.74, 6) is -0.527. The lowest BCUT2D eigenvalue weighted by atomic mass is 9.99. The molecular weight excluding hydrogens is 608 g/mol. The van der Waals surface area contributed by atoms with E-state index in [4.69, 9.17) is 14.7 Å². The van der Waals surface area contributed by atoms with E-state index in [1.54, 1.807) is 5.48 Å². The van der Waals surface area contributed by atoms with Crippen LogP contribution in [0.15, 0.2) is 103 Å². The molecule has 10 heteroatoms. The highest BCUT2D eigenvalue weighted by atomic mass is 16.7. The fraction of sp³-hybridized carbons (Fsp3) is 0.289. The lowest BCUT2D eigenvalue weighted by Crippen LogP contribution is -2.32. The van der Waals surface area contributed by atoms with Crippen LogP contribution in [0, 0.1) is 0 Å². The third-order valence-electron chi connectivity index (χ3n) is 8.66. The largest absolute Gasteiger partial charge is 0.392 e. The second-order valence-corrected chi connectivity index (χ2v) is 12.1. The lowest BCUT2D eigenvalue weighted by molar-refractivity contribution is -0.252. The van der Waals surface area contributed by atoms with Crippen LogP contribution in [0.5, 0.6) is 0 Å². The van der Waals surface area contributed by atoms with Crippen LogP contribution in [0.3, 0.4) is 0 Å². The first-order valence-electron chi connectivity index (χ1n) is 16.3. The molecule has 0 aliphatic carbocycles. The Morgan fingerprint density at radius 3 is 2.33 bits per heavy atom. The topological polar surface area (TPSA) is 135 Å². The highest BCUT2D eigenvalue weighted by Gasteiger charge is 2.32. The van der Waals surface area contributed by atoms with Gasteiger partial charge in [0.15, 0.2) is 6.29 Å². The summed E-state index contributed by atoms with van der Waals surface area (Å²) in [5.41, 5.74) is 9.45. The molecule has 4 N–H and O–H groups in total. The molecule has 248 valence electrons. The summed E-state index contributed by atoms with van der Waals surface area (Å²) in [6.45, 7) is 1.03. The Kier molecular flexibility index (Phi) is 10.9. The second-order valence-electron chi connectivity index (χ2n) is 12.1. The van der Waals surface area contributed by atoms with Gasteiger partial charge in [0.2, 0.25) is 11.8 Å².